The molecule has 0 saturated carbocycles. The Bertz CT molecular complexity index is 1080. The van der Waals surface area contributed by atoms with Gasteiger partial charge in [-0.2, -0.15) is 0 Å². The van der Waals surface area contributed by atoms with Crippen molar-refractivity contribution in [2.45, 2.75) is 33.2 Å². The summed E-state index contributed by atoms with van der Waals surface area (Å²) in [4.78, 5) is 39.3. The Kier molecular flexibility index (Phi) is 9.62. The number of halogens is 1. The van der Waals surface area contributed by atoms with Crippen molar-refractivity contribution in [2.75, 3.05) is 13.2 Å². The minimum atomic E-state index is -0.511. The number of hydrogen-bond donors (Lipinski definition) is 3. The third-order valence-corrected chi connectivity index (χ3v) is 6.16. The molecule has 1 aliphatic heterocycles. The largest absolute Gasteiger partial charge is 0.493 e. The molecule has 0 radical (unpaired) electrons. The second kappa shape index (κ2) is 12.6. The Hall–Kier alpha value is -2.98. The first-order valence-corrected chi connectivity index (χ1v) is 12.6. The summed E-state index contributed by atoms with van der Waals surface area (Å²) in [6, 6.07) is 14.8. The topological polar surface area (TPSA) is 99.8 Å². The van der Waals surface area contributed by atoms with Gasteiger partial charge in [-0.3, -0.25) is 30.6 Å². The van der Waals surface area contributed by atoms with Crippen LogP contribution in [0.1, 0.15) is 42.6 Å². The Morgan fingerprint density at radius 1 is 1.17 bits per heavy atom. The van der Waals surface area contributed by atoms with Crippen LogP contribution in [0.4, 0.5) is 0 Å². The van der Waals surface area contributed by atoms with Gasteiger partial charge in [0.2, 0.25) is 11.8 Å². The van der Waals surface area contributed by atoms with Crippen LogP contribution in [0.3, 0.4) is 0 Å². The Labute approximate surface area is 218 Å². The van der Waals surface area contributed by atoms with E-state index in [4.69, 9.17) is 17.0 Å². The average molecular weight is 562 g/mol. The number of thiocarbonyl (C=S) groups is 1. The van der Waals surface area contributed by atoms with E-state index in [1.165, 1.54) is 0 Å². The molecule has 1 aliphatic rings. The first-order valence-electron chi connectivity index (χ1n) is 11.4. The molecule has 8 nitrogen and oxygen atoms in total. The summed E-state index contributed by atoms with van der Waals surface area (Å²) in [5.74, 6) is -0.508. The van der Waals surface area contributed by atoms with Crippen molar-refractivity contribution in [2.24, 2.45) is 11.8 Å². The maximum absolute atomic E-state index is 12.8. The smallest absolute Gasteiger partial charge is 0.261 e. The van der Waals surface area contributed by atoms with Crippen LogP contribution in [0, 0.1) is 11.8 Å². The fraction of sp³-hybridized carbons (Fsp3) is 0.360. The SMILES string of the molecule is CC(C)CCOc1ccc(Br)cc1C(=O)NC(=S)NNC(=O)C1CC(=O)N(Cc2ccccc2)C1. The number of rotatable bonds is 8. The highest BCUT2D eigenvalue weighted by Gasteiger charge is 2.34. The van der Waals surface area contributed by atoms with Gasteiger partial charge in [0.15, 0.2) is 5.11 Å². The molecule has 0 spiro atoms. The van der Waals surface area contributed by atoms with E-state index in [-0.39, 0.29) is 23.3 Å². The highest BCUT2D eigenvalue weighted by Crippen LogP contribution is 2.24. The highest BCUT2D eigenvalue weighted by atomic mass is 79.9. The summed E-state index contributed by atoms with van der Waals surface area (Å²) in [7, 11) is 0. The van der Waals surface area contributed by atoms with Gasteiger partial charge in [-0.05, 0) is 48.3 Å². The Morgan fingerprint density at radius 2 is 1.91 bits per heavy atom. The molecule has 1 atom stereocenters. The summed E-state index contributed by atoms with van der Waals surface area (Å²) in [5, 5.41) is 2.48. The molecule has 2 aromatic carbocycles. The fourth-order valence-corrected chi connectivity index (χ4v) is 4.04. The summed E-state index contributed by atoms with van der Waals surface area (Å²) in [6.07, 6.45) is 0.976. The predicted molar refractivity (Wildman–Crippen MR) is 140 cm³/mol. The van der Waals surface area contributed by atoms with E-state index in [1.807, 2.05) is 30.3 Å². The van der Waals surface area contributed by atoms with E-state index >= 15 is 0 Å². The number of carbonyl (C=O) groups is 3. The van der Waals surface area contributed by atoms with E-state index in [0.717, 1.165) is 16.5 Å². The van der Waals surface area contributed by atoms with E-state index < -0.39 is 11.8 Å². The maximum atomic E-state index is 12.8. The molecule has 3 N–H and O–H groups in total. The third kappa shape index (κ3) is 8.03. The molecule has 2 aromatic rings. The second-order valence-electron chi connectivity index (χ2n) is 8.73. The molecule has 35 heavy (non-hydrogen) atoms. The van der Waals surface area contributed by atoms with Crippen LogP contribution in [-0.2, 0) is 16.1 Å². The predicted octanol–water partition coefficient (Wildman–Crippen LogP) is 3.56. The summed E-state index contributed by atoms with van der Waals surface area (Å²) >= 11 is 8.53. The van der Waals surface area contributed by atoms with Gasteiger partial charge in [-0.15, -0.1) is 0 Å². The van der Waals surface area contributed by atoms with Gasteiger partial charge in [-0.25, -0.2) is 0 Å². The number of hydrogen-bond acceptors (Lipinski definition) is 5. The fourth-order valence-electron chi connectivity index (χ4n) is 3.54. The molecule has 1 fully saturated rings. The molecule has 10 heteroatoms. The normalized spacial score (nSPS) is 15.1. The van der Waals surface area contributed by atoms with Gasteiger partial charge >= 0.3 is 0 Å². The molecule has 1 heterocycles. The lowest BCUT2D eigenvalue weighted by atomic mass is 10.1. The molecule has 3 rings (SSSR count). The average Bonchev–Trinajstić information content (AvgIpc) is 3.19. The maximum Gasteiger partial charge on any atom is 0.261 e. The monoisotopic (exact) mass is 560 g/mol. The quantitative estimate of drug-likeness (QED) is 0.337. The van der Waals surface area contributed by atoms with Crippen molar-refractivity contribution in [1.82, 2.24) is 21.1 Å². The molecule has 0 bridgehead atoms. The van der Waals surface area contributed by atoms with E-state index in [2.05, 4.69) is 45.9 Å². The minimum absolute atomic E-state index is 0.0677. The second-order valence-corrected chi connectivity index (χ2v) is 10.1. The number of nitrogens with zero attached hydrogens (tertiary/aromatic N) is 1. The van der Waals surface area contributed by atoms with Crippen LogP contribution in [0.25, 0.3) is 0 Å². The lowest BCUT2D eigenvalue weighted by Crippen LogP contribution is -2.50. The molecule has 1 unspecified atom stereocenters. The van der Waals surface area contributed by atoms with Gasteiger partial charge in [0, 0.05) is 24.0 Å². The van der Waals surface area contributed by atoms with Crippen LogP contribution in [0.15, 0.2) is 53.0 Å². The lowest BCUT2D eigenvalue weighted by molar-refractivity contribution is -0.129. The third-order valence-electron chi connectivity index (χ3n) is 5.47. The molecule has 186 valence electrons. The number of carbonyl (C=O) groups excluding carboxylic acids is 3. The van der Waals surface area contributed by atoms with Crippen LogP contribution >= 0.6 is 28.1 Å². The molecule has 0 aliphatic carbocycles. The number of amides is 3. The summed E-state index contributed by atoms with van der Waals surface area (Å²) < 4.78 is 6.50. The first-order chi connectivity index (χ1) is 16.7. The van der Waals surface area contributed by atoms with Crippen molar-refractivity contribution < 1.29 is 19.1 Å². The molecule has 0 aromatic heterocycles. The van der Waals surface area contributed by atoms with E-state index in [0.29, 0.717) is 36.9 Å². The number of benzene rings is 2. The van der Waals surface area contributed by atoms with Crippen LogP contribution in [0.2, 0.25) is 0 Å². The minimum Gasteiger partial charge on any atom is -0.493 e. The zero-order chi connectivity index (χ0) is 25.4. The highest BCUT2D eigenvalue weighted by molar-refractivity contribution is 9.10. The Balaban J connectivity index is 1.49. The lowest BCUT2D eigenvalue weighted by Gasteiger charge is -2.17. The van der Waals surface area contributed by atoms with Crippen molar-refractivity contribution in [3.8, 4) is 5.75 Å². The van der Waals surface area contributed by atoms with Crippen molar-refractivity contribution in [1.29, 1.82) is 0 Å². The van der Waals surface area contributed by atoms with Crippen molar-refractivity contribution in [3.05, 3.63) is 64.1 Å². The first kappa shape index (κ1) is 26.6. The van der Waals surface area contributed by atoms with Gasteiger partial charge in [-0.1, -0.05) is 60.1 Å². The number of likely N-dealkylation sites (tertiary alicyclic amines) is 1. The molecule has 1 saturated heterocycles. The number of nitrogens with one attached hydrogen (secondary N) is 3. The Morgan fingerprint density at radius 3 is 2.63 bits per heavy atom. The van der Waals surface area contributed by atoms with Crippen LogP contribution in [-0.4, -0.2) is 40.9 Å². The van der Waals surface area contributed by atoms with Gasteiger partial charge < -0.3 is 9.64 Å². The van der Waals surface area contributed by atoms with Crippen molar-refractivity contribution >= 4 is 51.0 Å². The zero-order valence-electron chi connectivity index (χ0n) is 19.7. The number of hydrazine groups is 1. The number of ether oxygens (including phenoxy) is 1. The van der Waals surface area contributed by atoms with Gasteiger partial charge in [0.05, 0.1) is 18.1 Å². The van der Waals surface area contributed by atoms with E-state index in [9.17, 15) is 14.4 Å². The zero-order valence-corrected chi connectivity index (χ0v) is 22.1. The standard InChI is InChI=1S/C25H29BrN4O4S/c1-16(2)10-11-34-21-9-8-19(26)13-20(21)24(33)27-25(35)29-28-23(32)18-12-22(31)30(15-18)14-17-6-4-3-5-7-17/h3-9,13,16,18H,10-12,14-15H2,1-2H3,(H,28,32)(H2,27,29,33,35). The van der Waals surface area contributed by atoms with Gasteiger partial charge in [0.25, 0.3) is 5.91 Å². The molecular formula is C25H29BrN4O4S. The molecular weight excluding hydrogens is 532 g/mol. The summed E-state index contributed by atoms with van der Waals surface area (Å²) in [5.41, 5.74) is 6.36. The molecule has 3 amide bonds. The van der Waals surface area contributed by atoms with Crippen LogP contribution in [0.5, 0.6) is 5.75 Å². The van der Waals surface area contributed by atoms with Gasteiger partial charge in [0.1, 0.15) is 5.75 Å². The summed E-state index contributed by atoms with van der Waals surface area (Å²) in [6.45, 7) is 5.45. The van der Waals surface area contributed by atoms with Crippen LogP contribution < -0.4 is 20.9 Å². The van der Waals surface area contributed by atoms with E-state index in [1.54, 1.807) is 23.1 Å². The van der Waals surface area contributed by atoms with Crippen molar-refractivity contribution in [3.63, 3.8) is 0 Å².